The van der Waals surface area contributed by atoms with Gasteiger partial charge >= 0.3 is 0 Å². The van der Waals surface area contributed by atoms with Gasteiger partial charge in [-0.15, -0.1) is 0 Å². The zero-order chi connectivity index (χ0) is 33.0. The van der Waals surface area contributed by atoms with Gasteiger partial charge in [-0.1, -0.05) is 115 Å². The first-order chi connectivity index (χ1) is 24.8. The van der Waals surface area contributed by atoms with Gasteiger partial charge < -0.3 is 9.13 Å². The molecule has 0 spiro atoms. The summed E-state index contributed by atoms with van der Waals surface area (Å²) in [7, 11) is 0. The molecule has 1 aliphatic carbocycles. The summed E-state index contributed by atoms with van der Waals surface area (Å²) in [6, 6.07) is 53.1. The highest BCUT2D eigenvalue weighted by Crippen LogP contribution is 2.41. The fourth-order valence-electron chi connectivity index (χ4n) is 7.43. The summed E-state index contributed by atoms with van der Waals surface area (Å²) in [5.41, 5.74) is 8.64. The van der Waals surface area contributed by atoms with E-state index in [1.54, 1.807) is 0 Å². The number of hydrogen-bond donors (Lipinski definition) is 0. The first-order valence-electron chi connectivity index (χ1n) is 16.9. The fraction of sp³-hybridized carbons (Fsp3) is 0.0444. The quantitative estimate of drug-likeness (QED) is 0.188. The molecule has 0 bridgehead atoms. The van der Waals surface area contributed by atoms with E-state index in [0.717, 1.165) is 51.2 Å². The summed E-state index contributed by atoms with van der Waals surface area (Å²) in [6.07, 6.45) is 9.35. The van der Waals surface area contributed by atoms with Crippen molar-refractivity contribution < 1.29 is 0 Å². The first-order valence-corrected chi connectivity index (χ1v) is 16.9. The average molecular weight is 640 g/mol. The molecular weight excluding hydrogens is 611 g/mol. The second kappa shape index (κ2) is 11.4. The Hall–Kier alpha value is -6.77. The molecule has 0 fully saturated rings. The molecule has 0 radical (unpaired) electrons. The van der Waals surface area contributed by atoms with Crippen molar-refractivity contribution in [3.8, 4) is 34.2 Å². The molecule has 10 rings (SSSR count). The molecule has 0 saturated carbocycles. The van der Waals surface area contributed by atoms with E-state index in [2.05, 4.69) is 155 Å². The summed E-state index contributed by atoms with van der Waals surface area (Å²) in [5.74, 6) is 2.24. The molecule has 0 aliphatic heterocycles. The number of benzene rings is 5. The Morgan fingerprint density at radius 1 is 0.500 bits per heavy atom. The van der Waals surface area contributed by atoms with Crippen LogP contribution in [0.2, 0.25) is 0 Å². The van der Waals surface area contributed by atoms with Crippen LogP contribution < -0.4 is 0 Å². The van der Waals surface area contributed by atoms with E-state index in [0.29, 0.717) is 11.6 Å². The molecule has 3 heterocycles. The second-order valence-electron chi connectivity index (χ2n) is 12.7. The van der Waals surface area contributed by atoms with Crippen LogP contribution in [0.4, 0.5) is 0 Å². The zero-order valence-electron chi connectivity index (χ0n) is 27.0. The number of nitrogens with zero attached hydrogens (tertiary/aromatic N) is 5. The number of aromatic nitrogens is 5. The number of para-hydroxylation sites is 2. The van der Waals surface area contributed by atoms with Crippen molar-refractivity contribution in [3.63, 3.8) is 0 Å². The van der Waals surface area contributed by atoms with Crippen molar-refractivity contribution in [3.05, 3.63) is 176 Å². The Balaban J connectivity index is 1.20. The molecule has 1 aliphatic rings. The molecule has 0 amide bonds. The van der Waals surface area contributed by atoms with Crippen LogP contribution in [0.1, 0.15) is 18.2 Å². The summed E-state index contributed by atoms with van der Waals surface area (Å²) >= 11 is 0. The summed E-state index contributed by atoms with van der Waals surface area (Å²) in [6.45, 7) is 0. The van der Waals surface area contributed by atoms with Crippen molar-refractivity contribution in [2.45, 2.75) is 12.3 Å². The largest absolute Gasteiger partial charge is 0.307 e. The molecular formula is C45H29N5. The molecule has 5 heteroatoms. The average Bonchev–Trinajstić information content (AvgIpc) is 3.72. The molecule has 234 valence electrons. The Morgan fingerprint density at radius 2 is 1.12 bits per heavy atom. The van der Waals surface area contributed by atoms with Crippen LogP contribution >= 0.6 is 0 Å². The van der Waals surface area contributed by atoms with Crippen LogP contribution in [0, 0.1) is 12.1 Å². The Labute approximate surface area is 289 Å². The zero-order valence-corrected chi connectivity index (χ0v) is 27.0. The standard InChI is InChI=1S/C45H29N5/c1-4-14-30(15-5-1)43-46-44(31-16-6-2-7-17-31)48-45(47-43)32-24-26-34(27-25-32)50-40-23-13-11-21-36(40)38-29-28-37-35-20-10-12-22-39(35)49(41(37)42(38)50)33-18-8-3-9-19-33/h1-10,12,14-16,18-29,31H,17H2. The normalized spacial score (nSPS) is 14.2. The highest BCUT2D eigenvalue weighted by atomic mass is 15.1. The summed E-state index contributed by atoms with van der Waals surface area (Å²) in [4.78, 5) is 15.0. The lowest BCUT2D eigenvalue weighted by atomic mass is 10.00. The monoisotopic (exact) mass is 639 g/mol. The van der Waals surface area contributed by atoms with Gasteiger partial charge in [-0.2, -0.15) is 0 Å². The summed E-state index contributed by atoms with van der Waals surface area (Å²) in [5, 5.41) is 4.75. The molecule has 0 N–H and O–H groups in total. The minimum Gasteiger partial charge on any atom is -0.307 e. The van der Waals surface area contributed by atoms with Crippen molar-refractivity contribution in [1.82, 2.24) is 24.1 Å². The van der Waals surface area contributed by atoms with E-state index >= 15 is 0 Å². The molecule has 0 saturated heterocycles. The minimum absolute atomic E-state index is 0.105. The maximum absolute atomic E-state index is 5.03. The Morgan fingerprint density at radius 3 is 1.86 bits per heavy atom. The highest BCUT2D eigenvalue weighted by Gasteiger charge is 2.22. The van der Waals surface area contributed by atoms with Gasteiger partial charge in [-0.25, -0.2) is 15.0 Å². The van der Waals surface area contributed by atoms with Gasteiger partial charge in [-0.05, 0) is 55.0 Å². The smallest absolute Gasteiger partial charge is 0.163 e. The van der Waals surface area contributed by atoms with Crippen molar-refractivity contribution in [2.24, 2.45) is 0 Å². The molecule has 50 heavy (non-hydrogen) atoms. The second-order valence-corrected chi connectivity index (χ2v) is 12.7. The molecule has 1 unspecified atom stereocenters. The number of fused-ring (bicyclic) bond motifs is 7. The summed E-state index contributed by atoms with van der Waals surface area (Å²) < 4.78 is 4.77. The van der Waals surface area contributed by atoms with Gasteiger partial charge in [0.25, 0.3) is 0 Å². The van der Waals surface area contributed by atoms with Crippen LogP contribution in [0.15, 0.2) is 158 Å². The maximum atomic E-state index is 5.03. The third kappa shape index (κ3) is 4.47. The lowest BCUT2D eigenvalue weighted by Crippen LogP contribution is -2.07. The van der Waals surface area contributed by atoms with Gasteiger partial charge in [0.1, 0.15) is 5.82 Å². The molecule has 1 atom stereocenters. The molecule has 6 aromatic carbocycles. The van der Waals surface area contributed by atoms with Gasteiger partial charge in [0, 0.05) is 56.0 Å². The molecule has 5 nitrogen and oxygen atoms in total. The van der Waals surface area contributed by atoms with Gasteiger partial charge in [0.2, 0.25) is 0 Å². The maximum Gasteiger partial charge on any atom is 0.163 e. The van der Waals surface area contributed by atoms with Gasteiger partial charge in [-0.3, -0.25) is 0 Å². The van der Waals surface area contributed by atoms with Crippen molar-refractivity contribution in [2.75, 3.05) is 0 Å². The third-order valence-electron chi connectivity index (χ3n) is 9.74. The lowest BCUT2D eigenvalue weighted by Gasteiger charge is -2.15. The predicted octanol–water partition coefficient (Wildman–Crippen LogP) is 10.6. The van der Waals surface area contributed by atoms with Crippen LogP contribution in [0.3, 0.4) is 0 Å². The third-order valence-corrected chi connectivity index (χ3v) is 9.74. The molecule has 3 aromatic heterocycles. The van der Waals surface area contributed by atoms with Gasteiger partial charge in [0.15, 0.2) is 11.6 Å². The Bertz CT molecular complexity index is 2770. The minimum atomic E-state index is 0.105. The lowest BCUT2D eigenvalue weighted by molar-refractivity contribution is 0.764. The molecule has 9 aromatic rings. The van der Waals surface area contributed by atoms with E-state index < -0.39 is 0 Å². The predicted molar refractivity (Wildman–Crippen MR) is 203 cm³/mol. The van der Waals surface area contributed by atoms with E-state index in [4.69, 9.17) is 15.0 Å². The number of allylic oxidation sites excluding steroid dienone is 4. The van der Waals surface area contributed by atoms with Crippen molar-refractivity contribution in [1.29, 1.82) is 0 Å². The fourth-order valence-corrected chi connectivity index (χ4v) is 7.43. The van der Waals surface area contributed by atoms with Crippen LogP contribution in [0.5, 0.6) is 0 Å². The SMILES string of the molecule is c1cc2c3ccc4c5ccccc5n(-c5ccccc5)c4c3n(-c3ccc(-c4nc(-c5ccccc5)nc(C5C=CC=CC5)n4)cc3)c2cc#1. The topological polar surface area (TPSA) is 48.5 Å². The van der Waals surface area contributed by atoms with Crippen LogP contribution in [-0.4, -0.2) is 24.1 Å². The number of hydrogen-bond acceptors (Lipinski definition) is 3. The van der Waals surface area contributed by atoms with E-state index in [1.165, 1.54) is 27.2 Å². The van der Waals surface area contributed by atoms with E-state index in [9.17, 15) is 0 Å². The van der Waals surface area contributed by atoms with Gasteiger partial charge in [0.05, 0.1) is 22.1 Å². The van der Waals surface area contributed by atoms with E-state index in [-0.39, 0.29) is 5.92 Å². The van der Waals surface area contributed by atoms with Crippen LogP contribution in [-0.2, 0) is 0 Å². The first kappa shape index (κ1) is 28.3. The van der Waals surface area contributed by atoms with Crippen LogP contribution in [0.25, 0.3) is 77.8 Å². The highest BCUT2D eigenvalue weighted by molar-refractivity contribution is 6.23. The number of rotatable bonds is 5. The Kier molecular flexibility index (Phi) is 6.46. The van der Waals surface area contributed by atoms with Crippen molar-refractivity contribution >= 4 is 43.6 Å². The van der Waals surface area contributed by atoms with E-state index in [1.807, 2.05) is 24.3 Å².